The van der Waals surface area contributed by atoms with E-state index < -0.39 is 0 Å². The molecule has 2 aromatic rings. The molecular formula is C21H28N4O. The summed E-state index contributed by atoms with van der Waals surface area (Å²) in [4.78, 5) is 17.7. The molecule has 0 N–H and O–H groups in total. The molecule has 138 valence electrons. The minimum atomic E-state index is 0.124. The number of benzene rings is 1. The van der Waals surface area contributed by atoms with Crippen molar-refractivity contribution < 1.29 is 4.79 Å². The van der Waals surface area contributed by atoms with Crippen molar-refractivity contribution in [3.05, 3.63) is 48.3 Å². The third kappa shape index (κ3) is 2.65. The first-order chi connectivity index (χ1) is 12.3. The fourth-order valence-corrected chi connectivity index (χ4v) is 5.56. The number of likely N-dealkylation sites (tertiary alicyclic amines) is 1. The Kier molecular flexibility index (Phi) is 3.95. The molecule has 1 aliphatic heterocycles. The van der Waals surface area contributed by atoms with Gasteiger partial charge in [0.25, 0.3) is 5.91 Å². The Morgan fingerprint density at radius 3 is 2.69 bits per heavy atom. The summed E-state index contributed by atoms with van der Waals surface area (Å²) in [5, 5.41) is 4.31. The topological polar surface area (TPSA) is 41.4 Å². The van der Waals surface area contributed by atoms with Gasteiger partial charge in [-0.1, -0.05) is 26.0 Å². The highest BCUT2D eigenvalue weighted by Gasteiger charge is 2.63. The lowest BCUT2D eigenvalue weighted by Gasteiger charge is -2.57. The molecule has 1 saturated heterocycles. The summed E-state index contributed by atoms with van der Waals surface area (Å²) in [5.74, 6) is 0.692. The van der Waals surface area contributed by atoms with Gasteiger partial charge in [-0.05, 0) is 50.0 Å². The molecule has 2 heterocycles. The third-order valence-corrected chi connectivity index (χ3v) is 6.20. The maximum atomic E-state index is 13.4. The number of hydrogen-bond donors (Lipinski definition) is 0. The molecule has 26 heavy (non-hydrogen) atoms. The Hall–Kier alpha value is -2.14. The molecule has 0 radical (unpaired) electrons. The zero-order valence-corrected chi connectivity index (χ0v) is 16.1. The van der Waals surface area contributed by atoms with Crippen LogP contribution in [0.15, 0.2) is 42.7 Å². The second-order valence-corrected chi connectivity index (χ2v) is 8.97. The van der Waals surface area contributed by atoms with Crippen molar-refractivity contribution in [2.24, 2.45) is 16.7 Å². The van der Waals surface area contributed by atoms with E-state index in [2.05, 4.69) is 42.8 Å². The molecule has 0 unspecified atom stereocenters. The predicted molar refractivity (Wildman–Crippen MR) is 102 cm³/mol. The van der Waals surface area contributed by atoms with Gasteiger partial charge >= 0.3 is 0 Å². The van der Waals surface area contributed by atoms with E-state index in [0.29, 0.717) is 11.3 Å². The highest BCUT2D eigenvalue weighted by molar-refractivity contribution is 5.98. The first-order valence-corrected chi connectivity index (χ1v) is 9.35. The Labute approximate surface area is 155 Å². The quantitative estimate of drug-likeness (QED) is 0.850. The molecule has 0 spiro atoms. The molecule has 1 amide bonds. The van der Waals surface area contributed by atoms with E-state index in [0.717, 1.165) is 30.9 Å². The van der Waals surface area contributed by atoms with Gasteiger partial charge < -0.3 is 9.80 Å². The lowest BCUT2D eigenvalue weighted by molar-refractivity contribution is -0.0789. The van der Waals surface area contributed by atoms with Crippen LogP contribution in [0.4, 0.5) is 0 Å². The van der Waals surface area contributed by atoms with Crippen LogP contribution in [0.5, 0.6) is 0 Å². The number of carbonyl (C=O) groups excluding carboxylic acids is 1. The van der Waals surface area contributed by atoms with Crippen LogP contribution < -0.4 is 0 Å². The molecule has 5 heteroatoms. The van der Waals surface area contributed by atoms with Gasteiger partial charge in [0.1, 0.15) is 0 Å². The maximum absolute atomic E-state index is 13.4. The van der Waals surface area contributed by atoms with Crippen molar-refractivity contribution in [2.75, 3.05) is 33.7 Å². The fourth-order valence-electron chi connectivity index (χ4n) is 5.56. The lowest BCUT2D eigenvalue weighted by Crippen LogP contribution is -2.57. The third-order valence-electron chi connectivity index (χ3n) is 6.20. The van der Waals surface area contributed by atoms with Crippen LogP contribution in [0.1, 0.15) is 30.6 Å². The number of nitrogens with zero attached hydrogens (tertiary/aromatic N) is 4. The molecule has 5 nitrogen and oxygen atoms in total. The highest BCUT2D eigenvalue weighted by atomic mass is 16.2. The largest absolute Gasteiger partial charge is 0.338 e. The molecule has 4 rings (SSSR count). The molecular weight excluding hydrogens is 324 g/mol. The normalized spacial score (nSPS) is 26.7. The van der Waals surface area contributed by atoms with Crippen LogP contribution in [0.2, 0.25) is 0 Å². The summed E-state index contributed by atoms with van der Waals surface area (Å²) in [7, 11) is 4.27. The van der Waals surface area contributed by atoms with Gasteiger partial charge in [0, 0.05) is 37.4 Å². The summed E-state index contributed by atoms with van der Waals surface area (Å²) in [6.07, 6.45) is 4.82. The zero-order chi connectivity index (χ0) is 18.5. The van der Waals surface area contributed by atoms with Crippen LogP contribution in [0.3, 0.4) is 0 Å². The number of para-hydroxylation sites is 1. The van der Waals surface area contributed by atoms with E-state index in [1.165, 1.54) is 6.42 Å². The smallest absolute Gasteiger partial charge is 0.256 e. The van der Waals surface area contributed by atoms with Crippen LogP contribution >= 0.6 is 0 Å². The molecule has 1 saturated carbocycles. The van der Waals surface area contributed by atoms with Crippen molar-refractivity contribution >= 4 is 5.91 Å². The molecule has 1 aliphatic carbocycles. The second kappa shape index (κ2) is 5.95. The van der Waals surface area contributed by atoms with Crippen LogP contribution in [-0.2, 0) is 0 Å². The minimum absolute atomic E-state index is 0.124. The average Bonchev–Trinajstić information content (AvgIpc) is 3.20. The lowest BCUT2D eigenvalue weighted by atomic mass is 9.48. The van der Waals surface area contributed by atoms with Crippen molar-refractivity contribution in [1.29, 1.82) is 0 Å². The Morgan fingerprint density at radius 1 is 1.27 bits per heavy atom. The average molecular weight is 352 g/mol. The van der Waals surface area contributed by atoms with E-state index in [9.17, 15) is 4.79 Å². The van der Waals surface area contributed by atoms with Gasteiger partial charge in [0.05, 0.1) is 11.3 Å². The second-order valence-electron chi connectivity index (χ2n) is 8.97. The number of carbonyl (C=O) groups is 1. The summed E-state index contributed by atoms with van der Waals surface area (Å²) >= 11 is 0. The molecule has 2 fully saturated rings. The van der Waals surface area contributed by atoms with Crippen molar-refractivity contribution in [3.8, 4) is 5.69 Å². The molecule has 2 atom stereocenters. The molecule has 0 bridgehead atoms. The van der Waals surface area contributed by atoms with Crippen LogP contribution in [0.25, 0.3) is 5.69 Å². The van der Waals surface area contributed by atoms with E-state index in [-0.39, 0.29) is 11.3 Å². The monoisotopic (exact) mass is 352 g/mol. The Balaban J connectivity index is 1.63. The van der Waals surface area contributed by atoms with Crippen LogP contribution in [0, 0.1) is 16.7 Å². The van der Waals surface area contributed by atoms with Crippen molar-refractivity contribution in [3.63, 3.8) is 0 Å². The molecule has 2 aliphatic rings. The van der Waals surface area contributed by atoms with Gasteiger partial charge in [-0.15, -0.1) is 0 Å². The van der Waals surface area contributed by atoms with Gasteiger partial charge in [-0.25, -0.2) is 4.68 Å². The molecule has 1 aromatic heterocycles. The van der Waals surface area contributed by atoms with Gasteiger partial charge in [-0.3, -0.25) is 4.79 Å². The van der Waals surface area contributed by atoms with Gasteiger partial charge in [-0.2, -0.15) is 5.10 Å². The summed E-state index contributed by atoms with van der Waals surface area (Å²) in [5.41, 5.74) is 2.13. The number of aromatic nitrogens is 2. The first-order valence-electron chi connectivity index (χ1n) is 9.35. The maximum Gasteiger partial charge on any atom is 0.256 e. The first kappa shape index (κ1) is 17.3. The number of fused-ring (bicyclic) bond motifs is 1. The number of amides is 1. The highest BCUT2D eigenvalue weighted by Crippen LogP contribution is 2.63. The van der Waals surface area contributed by atoms with E-state index >= 15 is 0 Å². The van der Waals surface area contributed by atoms with Crippen molar-refractivity contribution in [2.45, 2.75) is 20.3 Å². The standard InChI is InChI=1S/C21H28N4O/c1-20(2)13-21(14-23(3)4)15-24(12-18(20)21)19(26)16-8-5-6-9-17(16)25-11-7-10-22-25/h5-11,18H,12-15H2,1-4H3/t18-,21+/m1/s1. The summed E-state index contributed by atoms with van der Waals surface area (Å²) < 4.78 is 1.78. The number of rotatable bonds is 4. The van der Waals surface area contributed by atoms with Gasteiger partial charge in [0.2, 0.25) is 0 Å². The van der Waals surface area contributed by atoms with E-state index in [1.54, 1.807) is 10.9 Å². The number of hydrogen-bond acceptors (Lipinski definition) is 3. The Morgan fingerprint density at radius 2 is 2.04 bits per heavy atom. The minimum Gasteiger partial charge on any atom is -0.338 e. The van der Waals surface area contributed by atoms with Crippen molar-refractivity contribution in [1.82, 2.24) is 19.6 Å². The Bertz CT molecular complexity index is 807. The van der Waals surface area contributed by atoms with Crippen LogP contribution in [-0.4, -0.2) is 59.2 Å². The predicted octanol–water partition coefficient (Wildman–Crippen LogP) is 2.92. The SMILES string of the molecule is CN(C)C[C@@]12CN(C(=O)c3ccccc3-n3cccn3)C[C@@H]1C(C)(C)C2. The summed E-state index contributed by atoms with van der Waals surface area (Å²) in [6, 6.07) is 9.66. The molecule has 1 aromatic carbocycles. The van der Waals surface area contributed by atoms with Gasteiger partial charge in [0.15, 0.2) is 0 Å². The van der Waals surface area contributed by atoms with E-state index in [4.69, 9.17) is 0 Å². The fraction of sp³-hybridized carbons (Fsp3) is 0.524. The van der Waals surface area contributed by atoms with E-state index in [1.807, 2.05) is 36.5 Å². The zero-order valence-electron chi connectivity index (χ0n) is 16.1. The summed E-state index contributed by atoms with van der Waals surface area (Å²) in [6.45, 7) is 7.44.